The minimum Gasteiger partial charge on any atom is -0.392 e. The van der Waals surface area contributed by atoms with Crippen LogP contribution < -0.4 is 5.32 Å². The standard InChI is InChI=1S/C15H12N2O2/c16-9-11-3-7-14(8-4-11)17-15(19)13-5-1-12(10-18)2-6-13/h1-8,18H,10H2,(H,17,19). The summed E-state index contributed by atoms with van der Waals surface area (Å²) < 4.78 is 0. The van der Waals surface area contributed by atoms with Gasteiger partial charge in [-0.25, -0.2) is 0 Å². The Bertz CT molecular complexity index is 610. The molecule has 0 aliphatic heterocycles. The van der Waals surface area contributed by atoms with Crippen LogP contribution in [-0.2, 0) is 6.61 Å². The summed E-state index contributed by atoms with van der Waals surface area (Å²) in [7, 11) is 0. The van der Waals surface area contributed by atoms with Crippen LogP contribution in [0.1, 0.15) is 21.5 Å². The van der Waals surface area contributed by atoms with E-state index in [0.29, 0.717) is 16.8 Å². The quantitative estimate of drug-likeness (QED) is 0.880. The van der Waals surface area contributed by atoms with Crippen molar-refractivity contribution in [2.45, 2.75) is 6.61 Å². The first-order chi connectivity index (χ1) is 9.22. The number of amides is 1. The van der Waals surface area contributed by atoms with Crippen LogP contribution >= 0.6 is 0 Å². The van der Waals surface area contributed by atoms with Crippen molar-refractivity contribution < 1.29 is 9.90 Å². The molecule has 94 valence electrons. The number of rotatable bonds is 3. The lowest BCUT2D eigenvalue weighted by Crippen LogP contribution is -2.11. The van der Waals surface area contributed by atoms with Crippen molar-refractivity contribution in [2.24, 2.45) is 0 Å². The van der Waals surface area contributed by atoms with Gasteiger partial charge in [-0.2, -0.15) is 5.26 Å². The molecule has 4 nitrogen and oxygen atoms in total. The van der Waals surface area contributed by atoms with Crippen molar-refractivity contribution in [3.05, 3.63) is 65.2 Å². The van der Waals surface area contributed by atoms with Crippen LogP contribution in [-0.4, -0.2) is 11.0 Å². The smallest absolute Gasteiger partial charge is 0.255 e. The normalized spacial score (nSPS) is 9.68. The number of benzene rings is 2. The zero-order valence-electron chi connectivity index (χ0n) is 10.1. The minimum atomic E-state index is -0.228. The van der Waals surface area contributed by atoms with E-state index in [0.717, 1.165) is 5.56 Å². The van der Waals surface area contributed by atoms with Gasteiger partial charge in [-0.1, -0.05) is 12.1 Å². The number of hydrogen-bond donors (Lipinski definition) is 2. The Balaban J connectivity index is 2.09. The monoisotopic (exact) mass is 252 g/mol. The van der Waals surface area contributed by atoms with Crippen molar-refractivity contribution >= 4 is 11.6 Å². The Morgan fingerprint density at radius 2 is 1.74 bits per heavy atom. The number of nitrogens with zero attached hydrogens (tertiary/aromatic N) is 1. The Hall–Kier alpha value is -2.64. The van der Waals surface area contributed by atoms with E-state index in [1.165, 1.54) is 0 Å². The van der Waals surface area contributed by atoms with E-state index < -0.39 is 0 Å². The molecule has 0 atom stereocenters. The van der Waals surface area contributed by atoms with Crippen LogP contribution in [0.4, 0.5) is 5.69 Å². The number of carbonyl (C=O) groups excluding carboxylic acids is 1. The van der Waals surface area contributed by atoms with E-state index in [1.807, 2.05) is 6.07 Å². The summed E-state index contributed by atoms with van der Waals surface area (Å²) in [4.78, 5) is 11.9. The first kappa shape index (κ1) is 12.8. The Kier molecular flexibility index (Phi) is 3.91. The molecule has 0 radical (unpaired) electrons. The van der Waals surface area contributed by atoms with E-state index in [9.17, 15) is 4.79 Å². The summed E-state index contributed by atoms with van der Waals surface area (Å²) in [5.41, 5.74) is 2.46. The molecule has 19 heavy (non-hydrogen) atoms. The van der Waals surface area contributed by atoms with E-state index in [2.05, 4.69) is 5.32 Å². The number of nitriles is 1. The van der Waals surface area contributed by atoms with Gasteiger partial charge in [0.15, 0.2) is 0 Å². The molecule has 0 aromatic heterocycles. The summed E-state index contributed by atoms with van der Waals surface area (Å²) in [6, 6.07) is 15.4. The molecule has 0 spiro atoms. The third-order valence-corrected chi connectivity index (χ3v) is 2.67. The molecule has 1 amide bonds. The van der Waals surface area contributed by atoms with E-state index in [-0.39, 0.29) is 12.5 Å². The molecular weight excluding hydrogens is 240 g/mol. The lowest BCUT2D eigenvalue weighted by atomic mass is 10.1. The van der Waals surface area contributed by atoms with Crippen LogP contribution in [0.25, 0.3) is 0 Å². The van der Waals surface area contributed by atoms with Crippen LogP contribution in [0.3, 0.4) is 0 Å². The van der Waals surface area contributed by atoms with E-state index in [4.69, 9.17) is 10.4 Å². The number of carbonyl (C=O) groups is 1. The first-order valence-corrected chi connectivity index (χ1v) is 5.74. The highest BCUT2D eigenvalue weighted by molar-refractivity contribution is 6.04. The number of aliphatic hydroxyl groups excluding tert-OH is 1. The molecule has 0 bridgehead atoms. The predicted molar refractivity (Wildman–Crippen MR) is 71.5 cm³/mol. The van der Waals surface area contributed by atoms with Gasteiger partial charge in [-0.3, -0.25) is 4.79 Å². The molecule has 2 N–H and O–H groups in total. The highest BCUT2D eigenvalue weighted by Gasteiger charge is 2.05. The zero-order chi connectivity index (χ0) is 13.7. The molecule has 2 aromatic rings. The van der Waals surface area contributed by atoms with Gasteiger partial charge in [-0.15, -0.1) is 0 Å². The van der Waals surface area contributed by atoms with Crippen LogP contribution in [0.15, 0.2) is 48.5 Å². The summed E-state index contributed by atoms with van der Waals surface area (Å²) >= 11 is 0. The molecule has 4 heteroatoms. The maximum absolute atomic E-state index is 11.9. The summed E-state index contributed by atoms with van der Waals surface area (Å²) in [5.74, 6) is -0.228. The third kappa shape index (κ3) is 3.18. The van der Waals surface area contributed by atoms with Crippen molar-refractivity contribution in [2.75, 3.05) is 5.32 Å². The number of anilines is 1. The summed E-state index contributed by atoms with van der Waals surface area (Å²) in [6.07, 6.45) is 0. The van der Waals surface area contributed by atoms with Crippen LogP contribution in [0.5, 0.6) is 0 Å². The fraction of sp³-hybridized carbons (Fsp3) is 0.0667. The molecule has 0 aliphatic carbocycles. The summed E-state index contributed by atoms with van der Waals surface area (Å²) in [5, 5.41) is 20.3. The lowest BCUT2D eigenvalue weighted by Gasteiger charge is -2.05. The highest BCUT2D eigenvalue weighted by Crippen LogP contribution is 2.11. The predicted octanol–water partition coefficient (Wildman–Crippen LogP) is 2.30. The lowest BCUT2D eigenvalue weighted by molar-refractivity contribution is 0.102. The van der Waals surface area contributed by atoms with Crippen molar-refractivity contribution in [3.63, 3.8) is 0 Å². The van der Waals surface area contributed by atoms with Crippen molar-refractivity contribution in [1.82, 2.24) is 0 Å². The number of hydrogen-bond acceptors (Lipinski definition) is 3. The number of nitrogens with one attached hydrogen (secondary N) is 1. The van der Waals surface area contributed by atoms with Crippen LogP contribution in [0.2, 0.25) is 0 Å². The molecule has 0 aliphatic rings. The Labute approximate surface area is 110 Å². The van der Waals surface area contributed by atoms with Gasteiger partial charge in [0.2, 0.25) is 0 Å². The Morgan fingerprint density at radius 3 is 2.26 bits per heavy atom. The van der Waals surface area contributed by atoms with Gasteiger partial charge in [-0.05, 0) is 42.0 Å². The second-order valence-electron chi connectivity index (χ2n) is 4.00. The molecule has 0 saturated carbocycles. The van der Waals surface area contributed by atoms with Gasteiger partial charge in [0.05, 0.1) is 18.2 Å². The molecule has 0 unspecified atom stereocenters. The maximum Gasteiger partial charge on any atom is 0.255 e. The molecule has 2 rings (SSSR count). The van der Waals surface area contributed by atoms with E-state index >= 15 is 0 Å². The minimum absolute atomic E-state index is 0.0441. The molecule has 0 heterocycles. The summed E-state index contributed by atoms with van der Waals surface area (Å²) in [6.45, 7) is -0.0441. The fourth-order valence-corrected chi connectivity index (χ4v) is 1.59. The second-order valence-corrected chi connectivity index (χ2v) is 4.00. The largest absolute Gasteiger partial charge is 0.392 e. The SMILES string of the molecule is N#Cc1ccc(NC(=O)c2ccc(CO)cc2)cc1. The van der Waals surface area contributed by atoms with E-state index in [1.54, 1.807) is 48.5 Å². The van der Waals surface area contributed by atoms with Crippen molar-refractivity contribution in [3.8, 4) is 6.07 Å². The van der Waals surface area contributed by atoms with Gasteiger partial charge < -0.3 is 10.4 Å². The topological polar surface area (TPSA) is 73.1 Å². The van der Waals surface area contributed by atoms with Gasteiger partial charge in [0.25, 0.3) is 5.91 Å². The zero-order valence-corrected chi connectivity index (χ0v) is 10.1. The third-order valence-electron chi connectivity index (χ3n) is 2.67. The Morgan fingerprint density at radius 1 is 1.11 bits per heavy atom. The second kappa shape index (κ2) is 5.80. The van der Waals surface area contributed by atoms with Gasteiger partial charge >= 0.3 is 0 Å². The number of aliphatic hydroxyl groups is 1. The first-order valence-electron chi connectivity index (χ1n) is 5.74. The maximum atomic E-state index is 11.9. The molecule has 0 saturated heterocycles. The van der Waals surface area contributed by atoms with Gasteiger partial charge in [0.1, 0.15) is 0 Å². The average Bonchev–Trinajstić information content (AvgIpc) is 2.48. The fourth-order valence-electron chi connectivity index (χ4n) is 1.59. The molecular formula is C15H12N2O2. The van der Waals surface area contributed by atoms with Gasteiger partial charge in [0, 0.05) is 11.3 Å². The molecule has 0 fully saturated rings. The average molecular weight is 252 g/mol. The molecule has 2 aromatic carbocycles. The van der Waals surface area contributed by atoms with Crippen LogP contribution in [0, 0.1) is 11.3 Å². The highest BCUT2D eigenvalue weighted by atomic mass is 16.3. The van der Waals surface area contributed by atoms with Crippen molar-refractivity contribution in [1.29, 1.82) is 5.26 Å².